The lowest BCUT2D eigenvalue weighted by atomic mass is 10.6. The third-order valence-corrected chi connectivity index (χ3v) is 1.87. The second-order valence-corrected chi connectivity index (χ2v) is 2.88. The SMILES string of the molecule is CNc1ncn(Cc2ncc[nH]2)c(=O)n1. The lowest BCUT2D eigenvalue weighted by molar-refractivity contribution is 0.678. The molecular weight excluding hydrogens is 196 g/mol. The second kappa shape index (κ2) is 3.91. The Hall–Kier alpha value is -2.18. The molecule has 0 aliphatic carbocycles. The quantitative estimate of drug-likeness (QED) is 0.703. The van der Waals surface area contributed by atoms with E-state index in [0.717, 1.165) is 0 Å². The minimum Gasteiger partial charge on any atom is -0.357 e. The zero-order chi connectivity index (χ0) is 10.7. The van der Waals surface area contributed by atoms with Crippen molar-refractivity contribution in [2.75, 3.05) is 12.4 Å². The monoisotopic (exact) mass is 206 g/mol. The molecular formula is C8H10N6O. The fourth-order valence-corrected chi connectivity index (χ4v) is 1.13. The molecule has 2 heterocycles. The standard InChI is InChI=1S/C8H10N6O/c1-9-7-12-5-14(8(15)13-7)4-6-10-2-3-11-6/h2-3,5H,4H2,1H3,(H,10,11)(H,9,13,15). The zero-order valence-electron chi connectivity index (χ0n) is 8.14. The summed E-state index contributed by atoms with van der Waals surface area (Å²) < 4.78 is 1.37. The number of imidazole rings is 1. The van der Waals surface area contributed by atoms with E-state index in [1.807, 2.05) is 0 Å². The molecule has 15 heavy (non-hydrogen) atoms. The van der Waals surface area contributed by atoms with Crippen molar-refractivity contribution in [2.45, 2.75) is 6.54 Å². The molecule has 0 atom stereocenters. The summed E-state index contributed by atoms with van der Waals surface area (Å²) in [4.78, 5) is 26.0. The number of nitrogens with one attached hydrogen (secondary N) is 2. The Morgan fingerprint density at radius 3 is 3.00 bits per heavy atom. The summed E-state index contributed by atoms with van der Waals surface area (Å²) in [6, 6.07) is 0. The Kier molecular flexibility index (Phi) is 2.44. The maximum atomic E-state index is 11.5. The summed E-state index contributed by atoms with van der Waals surface area (Å²) in [5.41, 5.74) is -0.356. The first-order valence-electron chi connectivity index (χ1n) is 4.39. The van der Waals surface area contributed by atoms with Gasteiger partial charge in [0.15, 0.2) is 0 Å². The van der Waals surface area contributed by atoms with Gasteiger partial charge in [-0.05, 0) is 0 Å². The van der Waals surface area contributed by atoms with Crippen molar-refractivity contribution in [3.63, 3.8) is 0 Å². The van der Waals surface area contributed by atoms with E-state index in [0.29, 0.717) is 18.3 Å². The normalized spacial score (nSPS) is 10.2. The molecule has 78 valence electrons. The summed E-state index contributed by atoms with van der Waals surface area (Å²) in [6.07, 6.45) is 4.76. The van der Waals surface area contributed by atoms with Crippen LogP contribution in [0.1, 0.15) is 5.82 Å². The van der Waals surface area contributed by atoms with Crippen molar-refractivity contribution in [3.8, 4) is 0 Å². The van der Waals surface area contributed by atoms with E-state index in [-0.39, 0.29) is 5.69 Å². The topological polar surface area (TPSA) is 88.5 Å². The van der Waals surface area contributed by atoms with Crippen molar-refractivity contribution >= 4 is 5.95 Å². The Morgan fingerprint density at radius 1 is 1.53 bits per heavy atom. The second-order valence-electron chi connectivity index (χ2n) is 2.88. The number of aromatic amines is 1. The lowest BCUT2D eigenvalue weighted by Gasteiger charge is -2.02. The van der Waals surface area contributed by atoms with Crippen LogP contribution in [0.15, 0.2) is 23.5 Å². The average molecular weight is 206 g/mol. The van der Waals surface area contributed by atoms with Crippen molar-refractivity contribution in [1.29, 1.82) is 0 Å². The summed E-state index contributed by atoms with van der Waals surface area (Å²) in [6.45, 7) is 0.343. The fourth-order valence-electron chi connectivity index (χ4n) is 1.13. The Labute approximate surface area is 85.2 Å². The van der Waals surface area contributed by atoms with E-state index >= 15 is 0 Å². The molecule has 0 spiro atoms. The van der Waals surface area contributed by atoms with Gasteiger partial charge in [-0.15, -0.1) is 0 Å². The third kappa shape index (κ3) is 2.01. The number of nitrogens with zero attached hydrogens (tertiary/aromatic N) is 4. The van der Waals surface area contributed by atoms with Crippen LogP contribution in [-0.4, -0.2) is 31.6 Å². The minimum absolute atomic E-state index is 0.315. The van der Waals surface area contributed by atoms with E-state index in [2.05, 4.69) is 25.3 Å². The minimum atomic E-state index is -0.356. The van der Waals surface area contributed by atoms with Gasteiger partial charge in [-0.3, -0.25) is 4.57 Å². The Bertz CT molecular complexity index is 488. The molecule has 2 N–H and O–H groups in total. The molecule has 0 aliphatic rings. The van der Waals surface area contributed by atoms with Crippen molar-refractivity contribution < 1.29 is 0 Å². The smallest absolute Gasteiger partial charge is 0.352 e. The predicted octanol–water partition coefficient (Wildman–Crippen LogP) is -0.549. The van der Waals surface area contributed by atoms with E-state index in [4.69, 9.17) is 0 Å². The largest absolute Gasteiger partial charge is 0.357 e. The van der Waals surface area contributed by atoms with Crippen LogP contribution in [0, 0.1) is 0 Å². The highest BCUT2D eigenvalue weighted by molar-refractivity contribution is 5.18. The van der Waals surface area contributed by atoms with Gasteiger partial charge in [0.2, 0.25) is 5.95 Å². The maximum Gasteiger partial charge on any atom is 0.352 e. The molecule has 0 radical (unpaired) electrons. The van der Waals surface area contributed by atoms with Crippen LogP contribution >= 0.6 is 0 Å². The molecule has 0 unspecified atom stereocenters. The molecule has 0 saturated carbocycles. The number of rotatable bonds is 3. The van der Waals surface area contributed by atoms with E-state index in [9.17, 15) is 4.79 Å². The highest BCUT2D eigenvalue weighted by Gasteiger charge is 2.02. The first-order valence-corrected chi connectivity index (χ1v) is 4.39. The van der Waals surface area contributed by atoms with Crippen molar-refractivity contribution in [1.82, 2.24) is 24.5 Å². The molecule has 0 fully saturated rings. The predicted molar refractivity (Wildman–Crippen MR) is 53.5 cm³/mol. The average Bonchev–Trinajstić information content (AvgIpc) is 2.74. The molecule has 2 aromatic heterocycles. The van der Waals surface area contributed by atoms with Gasteiger partial charge in [-0.1, -0.05) is 0 Å². The number of hydrogen-bond acceptors (Lipinski definition) is 5. The highest BCUT2D eigenvalue weighted by atomic mass is 16.1. The summed E-state index contributed by atoms with van der Waals surface area (Å²) in [7, 11) is 1.66. The molecule has 0 aliphatic heterocycles. The van der Waals surface area contributed by atoms with Gasteiger partial charge in [0, 0.05) is 19.4 Å². The molecule has 2 aromatic rings. The van der Waals surface area contributed by atoms with Crippen LogP contribution in [0.3, 0.4) is 0 Å². The zero-order valence-corrected chi connectivity index (χ0v) is 8.14. The summed E-state index contributed by atoms with van der Waals surface area (Å²) >= 11 is 0. The van der Waals surface area contributed by atoms with Gasteiger partial charge < -0.3 is 10.3 Å². The first-order chi connectivity index (χ1) is 7.29. The van der Waals surface area contributed by atoms with Gasteiger partial charge in [-0.25, -0.2) is 14.8 Å². The number of hydrogen-bond donors (Lipinski definition) is 2. The van der Waals surface area contributed by atoms with Crippen LogP contribution in [-0.2, 0) is 6.54 Å². The summed E-state index contributed by atoms with van der Waals surface area (Å²) in [5, 5.41) is 2.69. The van der Waals surface area contributed by atoms with Gasteiger partial charge in [-0.2, -0.15) is 4.98 Å². The molecule has 0 bridgehead atoms. The summed E-state index contributed by atoms with van der Waals surface area (Å²) in [5.74, 6) is 1.01. The molecule has 2 rings (SSSR count). The number of H-pyrrole nitrogens is 1. The van der Waals surface area contributed by atoms with E-state index in [1.54, 1.807) is 19.4 Å². The molecule has 0 saturated heterocycles. The van der Waals surface area contributed by atoms with Gasteiger partial charge in [0.05, 0.1) is 6.54 Å². The van der Waals surface area contributed by atoms with Crippen molar-refractivity contribution in [3.05, 3.63) is 35.0 Å². The van der Waals surface area contributed by atoms with Crippen LogP contribution in [0.4, 0.5) is 5.95 Å². The van der Waals surface area contributed by atoms with Crippen LogP contribution < -0.4 is 11.0 Å². The van der Waals surface area contributed by atoms with Crippen LogP contribution in [0.2, 0.25) is 0 Å². The fraction of sp³-hybridized carbons (Fsp3) is 0.250. The van der Waals surface area contributed by atoms with Crippen LogP contribution in [0.5, 0.6) is 0 Å². The third-order valence-electron chi connectivity index (χ3n) is 1.87. The van der Waals surface area contributed by atoms with Gasteiger partial charge >= 0.3 is 5.69 Å². The number of anilines is 1. The maximum absolute atomic E-state index is 11.5. The lowest BCUT2D eigenvalue weighted by Crippen LogP contribution is -2.25. The first kappa shape index (κ1) is 9.38. The van der Waals surface area contributed by atoms with Gasteiger partial charge in [0.1, 0.15) is 12.2 Å². The Balaban J connectivity index is 2.26. The van der Waals surface area contributed by atoms with Crippen molar-refractivity contribution in [2.24, 2.45) is 0 Å². The van der Waals surface area contributed by atoms with E-state index in [1.165, 1.54) is 10.9 Å². The molecule has 0 aromatic carbocycles. The molecule has 0 amide bonds. The Morgan fingerprint density at radius 2 is 2.40 bits per heavy atom. The highest BCUT2D eigenvalue weighted by Crippen LogP contribution is 1.93. The van der Waals surface area contributed by atoms with Gasteiger partial charge in [0.25, 0.3) is 0 Å². The molecule has 7 nitrogen and oxygen atoms in total. The van der Waals surface area contributed by atoms with Crippen LogP contribution in [0.25, 0.3) is 0 Å². The number of aromatic nitrogens is 5. The van der Waals surface area contributed by atoms with E-state index < -0.39 is 0 Å². The molecule has 7 heteroatoms.